The second-order valence-electron chi connectivity index (χ2n) is 5.78. The second-order valence-corrected chi connectivity index (χ2v) is 6.17. The van der Waals surface area contributed by atoms with Crippen LogP contribution in [0.15, 0.2) is 59.4 Å². The quantitative estimate of drug-likeness (QED) is 0.748. The SMILES string of the molecule is CN(C)C(Cn1c(=S)[nH]c2ccccc2c1=O)c1ccccc1. The molecule has 0 aliphatic carbocycles. The normalized spacial score (nSPS) is 12.7. The number of rotatable bonds is 4. The van der Waals surface area contributed by atoms with E-state index in [0.29, 0.717) is 16.7 Å². The molecule has 1 unspecified atom stereocenters. The smallest absolute Gasteiger partial charge is 0.262 e. The number of likely N-dealkylation sites (N-methyl/N-ethyl adjacent to an activating group) is 1. The van der Waals surface area contributed by atoms with Gasteiger partial charge in [0.1, 0.15) is 0 Å². The van der Waals surface area contributed by atoms with E-state index < -0.39 is 0 Å². The van der Waals surface area contributed by atoms with Crippen LogP contribution in [0.5, 0.6) is 0 Å². The van der Waals surface area contributed by atoms with Gasteiger partial charge in [-0.1, -0.05) is 42.5 Å². The summed E-state index contributed by atoms with van der Waals surface area (Å²) in [6.07, 6.45) is 0. The van der Waals surface area contributed by atoms with E-state index in [-0.39, 0.29) is 11.6 Å². The summed E-state index contributed by atoms with van der Waals surface area (Å²) < 4.78 is 2.10. The molecular formula is C18H19N3OS. The summed E-state index contributed by atoms with van der Waals surface area (Å²) in [5.41, 5.74) is 1.89. The molecule has 5 heteroatoms. The van der Waals surface area contributed by atoms with E-state index in [1.807, 2.05) is 56.6 Å². The van der Waals surface area contributed by atoms with Crippen molar-refractivity contribution in [1.29, 1.82) is 0 Å². The molecular weight excluding hydrogens is 306 g/mol. The van der Waals surface area contributed by atoms with Crippen molar-refractivity contribution in [2.45, 2.75) is 12.6 Å². The third-order valence-corrected chi connectivity index (χ3v) is 4.38. The average Bonchev–Trinajstić information content (AvgIpc) is 2.55. The van der Waals surface area contributed by atoms with Crippen LogP contribution in [0, 0.1) is 4.77 Å². The van der Waals surface area contributed by atoms with Crippen LogP contribution in [0.2, 0.25) is 0 Å². The Balaban J connectivity index is 2.10. The van der Waals surface area contributed by atoms with Crippen LogP contribution in [0.3, 0.4) is 0 Å². The number of hydrogen-bond donors (Lipinski definition) is 1. The van der Waals surface area contributed by atoms with Crippen molar-refractivity contribution >= 4 is 23.1 Å². The second kappa shape index (κ2) is 6.48. The van der Waals surface area contributed by atoms with E-state index in [2.05, 4.69) is 22.0 Å². The highest BCUT2D eigenvalue weighted by Gasteiger charge is 2.16. The molecule has 0 bridgehead atoms. The van der Waals surface area contributed by atoms with Crippen molar-refractivity contribution in [1.82, 2.24) is 14.5 Å². The van der Waals surface area contributed by atoms with Gasteiger partial charge in [-0.05, 0) is 44.0 Å². The van der Waals surface area contributed by atoms with Crippen LogP contribution in [0.1, 0.15) is 11.6 Å². The molecule has 0 saturated heterocycles. The fraction of sp³-hybridized carbons (Fsp3) is 0.222. The zero-order valence-electron chi connectivity index (χ0n) is 13.2. The maximum atomic E-state index is 12.8. The van der Waals surface area contributed by atoms with Gasteiger partial charge in [0, 0.05) is 6.54 Å². The first-order chi connectivity index (χ1) is 11.1. The predicted molar refractivity (Wildman–Crippen MR) is 96.3 cm³/mol. The average molecular weight is 325 g/mol. The molecule has 4 nitrogen and oxygen atoms in total. The number of benzene rings is 2. The molecule has 2 aromatic carbocycles. The highest BCUT2D eigenvalue weighted by Crippen LogP contribution is 2.20. The van der Waals surface area contributed by atoms with Gasteiger partial charge in [0.05, 0.1) is 16.9 Å². The van der Waals surface area contributed by atoms with Crippen molar-refractivity contribution in [3.63, 3.8) is 0 Å². The Morgan fingerprint density at radius 1 is 1.09 bits per heavy atom. The zero-order valence-corrected chi connectivity index (χ0v) is 14.0. The number of para-hydroxylation sites is 1. The molecule has 1 heterocycles. The van der Waals surface area contributed by atoms with Gasteiger partial charge in [-0.3, -0.25) is 9.36 Å². The molecule has 1 atom stereocenters. The highest BCUT2D eigenvalue weighted by molar-refractivity contribution is 7.71. The van der Waals surface area contributed by atoms with Crippen molar-refractivity contribution < 1.29 is 0 Å². The minimum atomic E-state index is -0.0490. The van der Waals surface area contributed by atoms with Gasteiger partial charge >= 0.3 is 0 Å². The van der Waals surface area contributed by atoms with Crippen molar-refractivity contribution in [2.24, 2.45) is 0 Å². The van der Waals surface area contributed by atoms with Gasteiger partial charge in [0.15, 0.2) is 4.77 Å². The summed E-state index contributed by atoms with van der Waals surface area (Å²) in [5, 5.41) is 0.659. The molecule has 3 aromatic rings. The zero-order chi connectivity index (χ0) is 16.4. The number of nitrogens with one attached hydrogen (secondary N) is 1. The van der Waals surface area contributed by atoms with Crippen molar-refractivity contribution in [3.8, 4) is 0 Å². The Morgan fingerprint density at radius 3 is 2.43 bits per heavy atom. The molecule has 0 amide bonds. The number of aromatic nitrogens is 2. The number of nitrogens with zero attached hydrogens (tertiary/aromatic N) is 2. The first-order valence-corrected chi connectivity index (χ1v) is 7.92. The third-order valence-electron chi connectivity index (χ3n) is 4.05. The molecule has 3 rings (SSSR count). The lowest BCUT2D eigenvalue weighted by Gasteiger charge is -2.25. The van der Waals surface area contributed by atoms with E-state index in [1.54, 1.807) is 4.57 Å². The van der Waals surface area contributed by atoms with Crippen LogP contribution in [0.25, 0.3) is 10.9 Å². The molecule has 0 aliphatic rings. The molecule has 1 N–H and O–H groups in total. The van der Waals surface area contributed by atoms with Crippen LogP contribution >= 0.6 is 12.2 Å². The van der Waals surface area contributed by atoms with E-state index in [4.69, 9.17) is 12.2 Å². The van der Waals surface area contributed by atoms with Crippen LogP contribution in [-0.2, 0) is 6.54 Å². The summed E-state index contributed by atoms with van der Waals surface area (Å²) in [6, 6.07) is 17.7. The molecule has 118 valence electrons. The number of hydrogen-bond acceptors (Lipinski definition) is 3. The Morgan fingerprint density at radius 2 is 1.74 bits per heavy atom. The fourth-order valence-corrected chi connectivity index (χ4v) is 3.05. The summed E-state index contributed by atoms with van der Waals surface area (Å²) in [4.78, 5) is 18.1. The maximum absolute atomic E-state index is 12.8. The lowest BCUT2D eigenvalue weighted by molar-refractivity contribution is 0.265. The van der Waals surface area contributed by atoms with Gasteiger partial charge in [-0.2, -0.15) is 0 Å². The Hall–Kier alpha value is -2.24. The van der Waals surface area contributed by atoms with Gasteiger partial charge in [0.2, 0.25) is 0 Å². The van der Waals surface area contributed by atoms with Crippen LogP contribution in [-0.4, -0.2) is 28.5 Å². The van der Waals surface area contributed by atoms with Crippen molar-refractivity contribution in [3.05, 3.63) is 75.3 Å². The van der Waals surface area contributed by atoms with E-state index in [9.17, 15) is 4.79 Å². The lowest BCUT2D eigenvalue weighted by Crippen LogP contribution is -2.31. The molecule has 0 radical (unpaired) electrons. The first kappa shape index (κ1) is 15.6. The Bertz CT molecular complexity index is 928. The van der Waals surface area contributed by atoms with Gasteiger partial charge in [-0.25, -0.2) is 0 Å². The molecule has 1 aromatic heterocycles. The minimum Gasteiger partial charge on any atom is -0.332 e. The predicted octanol–water partition coefficient (Wildman–Crippen LogP) is 3.36. The van der Waals surface area contributed by atoms with Gasteiger partial charge in [-0.15, -0.1) is 0 Å². The Kier molecular flexibility index (Phi) is 4.41. The Labute approximate surface area is 140 Å². The third kappa shape index (κ3) is 3.11. The largest absolute Gasteiger partial charge is 0.332 e. The van der Waals surface area contributed by atoms with E-state index >= 15 is 0 Å². The fourth-order valence-electron chi connectivity index (χ4n) is 2.78. The molecule has 23 heavy (non-hydrogen) atoms. The topological polar surface area (TPSA) is 41.0 Å². The molecule has 0 fully saturated rings. The van der Waals surface area contributed by atoms with Gasteiger partial charge < -0.3 is 9.88 Å². The first-order valence-electron chi connectivity index (χ1n) is 7.51. The summed E-state index contributed by atoms with van der Waals surface area (Å²) >= 11 is 5.41. The molecule has 0 spiro atoms. The minimum absolute atomic E-state index is 0.0490. The monoisotopic (exact) mass is 325 g/mol. The number of H-pyrrole nitrogens is 1. The van der Waals surface area contributed by atoms with Crippen LogP contribution < -0.4 is 5.56 Å². The summed E-state index contributed by atoms with van der Waals surface area (Å²) in [6.45, 7) is 0.510. The number of fused-ring (bicyclic) bond motifs is 1. The van der Waals surface area contributed by atoms with E-state index in [1.165, 1.54) is 0 Å². The summed E-state index contributed by atoms with van der Waals surface area (Å²) in [5.74, 6) is 0. The lowest BCUT2D eigenvalue weighted by atomic mass is 10.1. The van der Waals surface area contributed by atoms with Gasteiger partial charge in [0.25, 0.3) is 5.56 Å². The summed E-state index contributed by atoms with van der Waals surface area (Å²) in [7, 11) is 4.02. The number of aromatic amines is 1. The van der Waals surface area contributed by atoms with Crippen molar-refractivity contribution in [2.75, 3.05) is 14.1 Å². The molecule has 0 saturated carbocycles. The standard InChI is InChI=1S/C18H19N3OS/c1-20(2)16(13-8-4-3-5-9-13)12-21-17(22)14-10-6-7-11-15(14)19-18(21)23/h3-11,16H,12H2,1-2H3,(H,19,23). The van der Waals surface area contributed by atoms with Crippen LogP contribution in [0.4, 0.5) is 0 Å². The highest BCUT2D eigenvalue weighted by atomic mass is 32.1. The maximum Gasteiger partial charge on any atom is 0.262 e. The molecule has 0 aliphatic heterocycles. The van der Waals surface area contributed by atoms with E-state index in [0.717, 1.165) is 11.1 Å².